The average molecular weight is 439 g/mol. The minimum absolute atomic E-state index is 0.217. The summed E-state index contributed by atoms with van der Waals surface area (Å²) in [6.07, 6.45) is 4.38. The fraction of sp³-hybridized carbons (Fsp3) is 0. The summed E-state index contributed by atoms with van der Waals surface area (Å²) in [5.41, 5.74) is 4.02. The first-order chi connectivity index (χ1) is 14.5. The molecule has 1 N–H and O–H groups in total. The SMILES string of the molecule is O=C(/C=C/c1ccccc1)Oc1ccccc1/C=N/NC(=O)c1ccc(Cl)cc1Cl. The molecule has 0 radical (unpaired) electrons. The van der Waals surface area contributed by atoms with E-state index in [2.05, 4.69) is 10.5 Å². The third-order valence-corrected chi connectivity index (χ3v) is 4.43. The van der Waals surface area contributed by atoms with E-state index in [1.807, 2.05) is 30.3 Å². The monoisotopic (exact) mass is 438 g/mol. The Morgan fingerprint density at radius 1 is 0.933 bits per heavy atom. The molecule has 0 aromatic heterocycles. The number of nitrogens with one attached hydrogen (secondary N) is 1. The van der Waals surface area contributed by atoms with E-state index in [1.165, 1.54) is 24.4 Å². The lowest BCUT2D eigenvalue weighted by molar-refractivity contribution is -0.128. The lowest BCUT2D eigenvalue weighted by Gasteiger charge is -2.06. The molecule has 0 atom stereocenters. The van der Waals surface area contributed by atoms with Crippen molar-refractivity contribution in [3.05, 3.63) is 106 Å². The van der Waals surface area contributed by atoms with Crippen LogP contribution in [0.15, 0.2) is 84.0 Å². The van der Waals surface area contributed by atoms with Crippen molar-refractivity contribution in [1.29, 1.82) is 0 Å². The van der Waals surface area contributed by atoms with Crippen LogP contribution >= 0.6 is 23.2 Å². The number of hydrogen-bond acceptors (Lipinski definition) is 4. The number of hydrogen-bond donors (Lipinski definition) is 1. The molecule has 3 aromatic carbocycles. The zero-order chi connectivity index (χ0) is 21.3. The summed E-state index contributed by atoms with van der Waals surface area (Å²) in [4.78, 5) is 24.3. The molecule has 0 unspecified atom stereocenters. The van der Waals surface area contributed by atoms with E-state index in [-0.39, 0.29) is 10.6 Å². The Hall–Kier alpha value is -3.41. The predicted octanol–water partition coefficient (Wildman–Crippen LogP) is 5.38. The summed E-state index contributed by atoms with van der Waals surface area (Å²) in [6, 6.07) is 20.8. The molecule has 0 bridgehead atoms. The van der Waals surface area contributed by atoms with Gasteiger partial charge in [-0.2, -0.15) is 5.10 Å². The standard InChI is InChI=1S/C23H16Cl2N2O3/c24-18-11-12-19(20(25)14-18)23(29)27-26-15-17-8-4-5-9-21(17)30-22(28)13-10-16-6-2-1-3-7-16/h1-15H,(H,27,29)/b13-10+,26-15+. The number of carbonyl (C=O) groups excluding carboxylic acids is 2. The number of esters is 1. The second-order valence-corrected chi connectivity index (χ2v) is 6.87. The maximum Gasteiger partial charge on any atom is 0.336 e. The van der Waals surface area contributed by atoms with Gasteiger partial charge in [-0.1, -0.05) is 65.7 Å². The highest BCUT2D eigenvalue weighted by molar-refractivity contribution is 6.36. The molecule has 7 heteroatoms. The third kappa shape index (κ3) is 6.04. The van der Waals surface area contributed by atoms with E-state index >= 15 is 0 Å². The molecule has 5 nitrogen and oxygen atoms in total. The highest BCUT2D eigenvalue weighted by Crippen LogP contribution is 2.21. The van der Waals surface area contributed by atoms with Gasteiger partial charge in [-0.05, 0) is 42.0 Å². The lowest BCUT2D eigenvalue weighted by Crippen LogP contribution is -2.18. The number of para-hydroxylation sites is 1. The van der Waals surface area contributed by atoms with Crippen LogP contribution in [-0.4, -0.2) is 18.1 Å². The van der Waals surface area contributed by atoms with Crippen molar-refractivity contribution >= 4 is 47.4 Å². The van der Waals surface area contributed by atoms with E-state index in [0.717, 1.165) is 5.56 Å². The molecular formula is C23H16Cl2N2O3. The molecule has 3 aromatic rings. The van der Waals surface area contributed by atoms with Crippen molar-refractivity contribution in [2.75, 3.05) is 0 Å². The van der Waals surface area contributed by atoms with Crippen molar-refractivity contribution in [2.45, 2.75) is 0 Å². The van der Waals surface area contributed by atoms with E-state index in [4.69, 9.17) is 27.9 Å². The molecule has 150 valence electrons. The number of rotatable bonds is 6. The van der Waals surface area contributed by atoms with Gasteiger partial charge in [-0.3, -0.25) is 4.79 Å². The van der Waals surface area contributed by atoms with Crippen molar-refractivity contribution in [1.82, 2.24) is 5.43 Å². The Morgan fingerprint density at radius 3 is 2.43 bits per heavy atom. The minimum Gasteiger partial charge on any atom is -0.423 e. The van der Waals surface area contributed by atoms with E-state index in [0.29, 0.717) is 16.3 Å². The normalized spacial score (nSPS) is 11.0. The molecule has 0 aliphatic heterocycles. The van der Waals surface area contributed by atoms with Gasteiger partial charge in [0.05, 0.1) is 16.8 Å². The van der Waals surface area contributed by atoms with Crippen LogP contribution in [0, 0.1) is 0 Å². The van der Waals surface area contributed by atoms with Gasteiger partial charge in [0.25, 0.3) is 5.91 Å². The number of benzene rings is 3. The van der Waals surface area contributed by atoms with Crippen LogP contribution in [0.4, 0.5) is 0 Å². The summed E-state index contributed by atoms with van der Waals surface area (Å²) in [7, 11) is 0. The van der Waals surface area contributed by atoms with Gasteiger partial charge in [0.1, 0.15) is 5.75 Å². The largest absolute Gasteiger partial charge is 0.423 e. The summed E-state index contributed by atoms with van der Waals surface area (Å²) < 4.78 is 5.38. The first-order valence-corrected chi connectivity index (χ1v) is 9.61. The van der Waals surface area contributed by atoms with Crippen molar-refractivity contribution in [3.8, 4) is 5.75 Å². The Balaban J connectivity index is 1.65. The highest BCUT2D eigenvalue weighted by atomic mass is 35.5. The molecule has 0 heterocycles. The molecule has 3 rings (SSSR count). The Morgan fingerprint density at radius 2 is 1.67 bits per heavy atom. The summed E-state index contributed by atoms with van der Waals surface area (Å²) in [6.45, 7) is 0. The molecule has 30 heavy (non-hydrogen) atoms. The average Bonchev–Trinajstić information content (AvgIpc) is 2.74. The molecule has 0 spiro atoms. The van der Waals surface area contributed by atoms with Gasteiger partial charge in [-0.25, -0.2) is 10.2 Å². The van der Waals surface area contributed by atoms with Gasteiger partial charge in [0, 0.05) is 16.7 Å². The molecule has 0 saturated carbocycles. The highest BCUT2D eigenvalue weighted by Gasteiger charge is 2.10. The maximum atomic E-state index is 12.2. The van der Waals surface area contributed by atoms with Crippen LogP contribution in [0.5, 0.6) is 5.75 Å². The molecule has 0 aliphatic rings. The minimum atomic E-state index is -0.531. The second-order valence-electron chi connectivity index (χ2n) is 6.03. The van der Waals surface area contributed by atoms with Crippen LogP contribution in [-0.2, 0) is 4.79 Å². The van der Waals surface area contributed by atoms with Gasteiger partial charge >= 0.3 is 5.97 Å². The summed E-state index contributed by atoms with van der Waals surface area (Å²) in [5, 5.41) is 4.56. The zero-order valence-electron chi connectivity index (χ0n) is 15.6. The number of amides is 1. The number of ether oxygens (including phenoxy) is 1. The van der Waals surface area contributed by atoms with Crippen molar-refractivity contribution in [3.63, 3.8) is 0 Å². The summed E-state index contributed by atoms with van der Waals surface area (Å²) >= 11 is 11.8. The van der Waals surface area contributed by atoms with Gasteiger partial charge in [0.2, 0.25) is 0 Å². The molecule has 0 aliphatic carbocycles. The van der Waals surface area contributed by atoms with Gasteiger partial charge in [-0.15, -0.1) is 0 Å². The smallest absolute Gasteiger partial charge is 0.336 e. The molecular weight excluding hydrogens is 423 g/mol. The first-order valence-electron chi connectivity index (χ1n) is 8.85. The number of nitrogens with zero attached hydrogens (tertiary/aromatic N) is 1. The van der Waals surface area contributed by atoms with Gasteiger partial charge < -0.3 is 4.74 Å². The number of carbonyl (C=O) groups is 2. The molecule has 0 fully saturated rings. The van der Waals surface area contributed by atoms with E-state index in [1.54, 1.807) is 36.4 Å². The third-order valence-electron chi connectivity index (χ3n) is 3.89. The van der Waals surface area contributed by atoms with Crippen LogP contribution in [0.25, 0.3) is 6.08 Å². The van der Waals surface area contributed by atoms with Crippen LogP contribution in [0.2, 0.25) is 10.0 Å². The Labute approximate surface area is 183 Å². The van der Waals surface area contributed by atoms with E-state index in [9.17, 15) is 9.59 Å². The Kier molecular flexibility index (Phi) is 7.38. The lowest BCUT2D eigenvalue weighted by atomic mass is 10.2. The van der Waals surface area contributed by atoms with Gasteiger partial charge in [0.15, 0.2) is 0 Å². The Bertz CT molecular complexity index is 1110. The number of hydrazone groups is 1. The topological polar surface area (TPSA) is 67.8 Å². The number of halogens is 2. The first kappa shape index (κ1) is 21.3. The molecule has 1 amide bonds. The van der Waals surface area contributed by atoms with Crippen molar-refractivity contribution in [2.24, 2.45) is 5.10 Å². The quantitative estimate of drug-likeness (QED) is 0.185. The summed E-state index contributed by atoms with van der Waals surface area (Å²) in [5.74, 6) is -0.715. The van der Waals surface area contributed by atoms with Crippen LogP contribution < -0.4 is 10.2 Å². The fourth-order valence-electron chi connectivity index (χ4n) is 2.45. The predicted molar refractivity (Wildman–Crippen MR) is 119 cm³/mol. The second kappa shape index (κ2) is 10.4. The van der Waals surface area contributed by atoms with E-state index < -0.39 is 11.9 Å². The zero-order valence-corrected chi connectivity index (χ0v) is 17.1. The van der Waals surface area contributed by atoms with Crippen LogP contribution in [0.3, 0.4) is 0 Å². The van der Waals surface area contributed by atoms with Crippen molar-refractivity contribution < 1.29 is 14.3 Å². The molecule has 0 saturated heterocycles. The fourth-order valence-corrected chi connectivity index (χ4v) is 2.94. The van der Waals surface area contributed by atoms with Crippen LogP contribution in [0.1, 0.15) is 21.5 Å². The maximum absolute atomic E-state index is 12.2.